The smallest absolute Gasteiger partial charge is 0.300 e. The van der Waals surface area contributed by atoms with Crippen molar-refractivity contribution >= 4 is 34.7 Å². The fourth-order valence-corrected chi connectivity index (χ4v) is 4.53. The van der Waals surface area contributed by atoms with Crippen LogP contribution in [0.1, 0.15) is 54.6 Å². The Morgan fingerprint density at radius 1 is 0.971 bits per heavy atom. The van der Waals surface area contributed by atoms with Crippen LogP contribution in [0.3, 0.4) is 0 Å². The van der Waals surface area contributed by atoms with Gasteiger partial charge in [-0.2, -0.15) is 0 Å². The van der Waals surface area contributed by atoms with Gasteiger partial charge in [-0.15, -0.1) is 0 Å². The van der Waals surface area contributed by atoms with Gasteiger partial charge in [-0.05, 0) is 60.2 Å². The molecule has 6 heteroatoms. The Balaban J connectivity index is 1.97. The van der Waals surface area contributed by atoms with Gasteiger partial charge in [0.1, 0.15) is 11.6 Å². The lowest BCUT2D eigenvalue weighted by atomic mass is 9.85. The van der Waals surface area contributed by atoms with Gasteiger partial charge >= 0.3 is 0 Å². The minimum Gasteiger partial charge on any atom is -0.507 e. The third-order valence-electron chi connectivity index (χ3n) is 6.37. The van der Waals surface area contributed by atoms with Gasteiger partial charge in [0.15, 0.2) is 0 Å². The number of Topliss-reactive ketones (excluding diaryl/α,β-unsaturated/α-hetero) is 1. The Bertz CT molecular complexity index is 1370. The molecule has 35 heavy (non-hydrogen) atoms. The number of aliphatic hydroxyl groups is 1. The first-order valence-electron chi connectivity index (χ1n) is 11.3. The van der Waals surface area contributed by atoms with Crippen LogP contribution in [0.2, 0.25) is 5.02 Å². The van der Waals surface area contributed by atoms with Gasteiger partial charge in [0.2, 0.25) is 0 Å². The monoisotopic (exact) mass is 491 g/mol. The minimum atomic E-state index is -0.912. The number of carbonyl (C=O) groups excluding carboxylic acids is 2. The zero-order chi connectivity index (χ0) is 25.7. The average molecular weight is 492 g/mol. The van der Waals surface area contributed by atoms with E-state index in [4.69, 9.17) is 11.6 Å². The van der Waals surface area contributed by atoms with E-state index < -0.39 is 23.5 Å². The van der Waals surface area contributed by atoms with Gasteiger partial charge in [-0.25, -0.2) is 4.39 Å². The zero-order valence-electron chi connectivity index (χ0n) is 20.3. The van der Waals surface area contributed by atoms with Crippen molar-refractivity contribution in [2.45, 2.75) is 46.1 Å². The molecular formula is C29H27ClFNO3. The number of hydrogen-bond acceptors (Lipinski definition) is 3. The van der Waals surface area contributed by atoms with Crippen LogP contribution in [-0.2, 0) is 15.0 Å². The zero-order valence-corrected chi connectivity index (χ0v) is 21.1. The summed E-state index contributed by atoms with van der Waals surface area (Å²) in [6, 6.07) is 16.1. The summed E-state index contributed by atoms with van der Waals surface area (Å²) in [6.45, 7) is 9.99. The molecule has 3 aromatic rings. The van der Waals surface area contributed by atoms with Crippen molar-refractivity contribution in [3.63, 3.8) is 0 Å². The maximum atomic E-state index is 13.9. The number of carbonyl (C=O) groups is 2. The van der Waals surface area contributed by atoms with Crippen molar-refractivity contribution in [2.75, 3.05) is 4.90 Å². The first kappa shape index (κ1) is 24.7. The third kappa shape index (κ3) is 4.48. The molecule has 0 spiro atoms. The molecule has 1 heterocycles. The van der Waals surface area contributed by atoms with Crippen molar-refractivity contribution in [3.8, 4) is 0 Å². The highest BCUT2D eigenvalue weighted by Crippen LogP contribution is 2.43. The van der Waals surface area contributed by atoms with Gasteiger partial charge in [0, 0.05) is 11.3 Å². The molecule has 1 fully saturated rings. The lowest BCUT2D eigenvalue weighted by molar-refractivity contribution is -0.132. The number of nitrogens with zero attached hydrogens (tertiary/aromatic N) is 1. The number of anilines is 1. The Morgan fingerprint density at radius 2 is 1.63 bits per heavy atom. The van der Waals surface area contributed by atoms with Crippen molar-refractivity contribution in [1.82, 2.24) is 0 Å². The Hall–Kier alpha value is -3.44. The summed E-state index contributed by atoms with van der Waals surface area (Å²) in [7, 11) is 0. The predicted octanol–water partition coefficient (Wildman–Crippen LogP) is 7.02. The van der Waals surface area contributed by atoms with E-state index in [0.29, 0.717) is 11.1 Å². The van der Waals surface area contributed by atoms with Crippen LogP contribution in [0.25, 0.3) is 5.76 Å². The van der Waals surface area contributed by atoms with Crippen molar-refractivity contribution in [1.29, 1.82) is 0 Å². The van der Waals surface area contributed by atoms with Gasteiger partial charge in [-0.1, -0.05) is 74.3 Å². The van der Waals surface area contributed by atoms with E-state index in [1.165, 1.54) is 17.0 Å². The van der Waals surface area contributed by atoms with Crippen LogP contribution >= 0.6 is 11.6 Å². The number of hydrogen-bond donors (Lipinski definition) is 1. The molecule has 1 aliphatic rings. The fraction of sp³-hybridized carbons (Fsp3) is 0.241. The van der Waals surface area contributed by atoms with E-state index >= 15 is 0 Å². The number of halogens is 2. The van der Waals surface area contributed by atoms with E-state index in [-0.39, 0.29) is 27.5 Å². The molecule has 0 aliphatic carbocycles. The highest BCUT2D eigenvalue weighted by Gasteiger charge is 2.47. The molecule has 1 amide bonds. The van der Waals surface area contributed by atoms with Gasteiger partial charge in [0.25, 0.3) is 11.7 Å². The van der Waals surface area contributed by atoms with Crippen LogP contribution in [0.4, 0.5) is 10.1 Å². The molecule has 1 saturated heterocycles. The molecule has 0 aromatic heterocycles. The van der Waals surface area contributed by atoms with Crippen LogP contribution in [0, 0.1) is 19.7 Å². The van der Waals surface area contributed by atoms with E-state index in [0.717, 1.165) is 22.8 Å². The summed E-state index contributed by atoms with van der Waals surface area (Å²) in [5.41, 5.74) is 4.03. The molecule has 3 aromatic carbocycles. The number of amides is 1. The molecule has 1 N–H and O–H groups in total. The largest absolute Gasteiger partial charge is 0.507 e. The van der Waals surface area contributed by atoms with Crippen molar-refractivity contribution in [2.24, 2.45) is 0 Å². The van der Waals surface area contributed by atoms with E-state index in [1.807, 2.05) is 50.2 Å². The first-order chi connectivity index (χ1) is 16.4. The SMILES string of the molecule is Cc1ccc(C)c(/C(O)=C2\C(=O)C(=O)N(c3ccc(F)c(Cl)c3)C2c2ccc(C(C)(C)C)cc2)c1. The maximum Gasteiger partial charge on any atom is 0.300 e. The maximum absolute atomic E-state index is 13.9. The molecule has 1 unspecified atom stereocenters. The number of ketones is 1. The molecule has 1 atom stereocenters. The molecule has 0 radical (unpaired) electrons. The van der Waals surface area contributed by atoms with Crippen LogP contribution in [0.5, 0.6) is 0 Å². The van der Waals surface area contributed by atoms with E-state index in [2.05, 4.69) is 20.8 Å². The van der Waals surface area contributed by atoms with E-state index in [9.17, 15) is 19.1 Å². The highest BCUT2D eigenvalue weighted by atomic mass is 35.5. The topological polar surface area (TPSA) is 57.6 Å². The molecule has 4 rings (SSSR count). The lowest BCUT2D eigenvalue weighted by Crippen LogP contribution is -2.29. The summed E-state index contributed by atoms with van der Waals surface area (Å²) in [5.74, 6) is -2.50. The number of aryl methyl sites for hydroxylation is 2. The van der Waals surface area contributed by atoms with Gasteiger partial charge in [0.05, 0.1) is 16.6 Å². The number of aliphatic hydroxyl groups excluding tert-OH is 1. The van der Waals surface area contributed by atoms with Crippen LogP contribution in [0.15, 0.2) is 66.2 Å². The van der Waals surface area contributed by atoms with Crippen LogP contribution in [-0.4, -0.2) is 16.8 Å². The second-order valence-electron chi connectivity index (χ2n) is 9.96. The Morgan fingerprint density at radius 3 is 2.23 bits per heavy atom. The quantitative estimate of drug-likeness (QED) is 0.243. The standard InChI is InChI=1S/C29H27ClFNO3/c1-16-6-7-17(2)21(14-16)26(33)24-25(18-8-10-19(11-9-18)29(3,4)5)32(28(35)27(24)34)20-12-13-23(31)22(30)15-20/h6-15,25,33H,1-5H3/b26-24+. The minimum absolute atomic E-state index is 0.0207. The first-order valence-corrected chi connectivity index (χ1v) is 11.7. The van der Waals surface area contributed by atoms with Crippen LogP contribution < -0.4 is 4.90 Å². The summed E-state index contributed by atoms with van der Waals surface area (Å²) in [5, 5.41) is 11.2. The predicted molar refractivity (Wildman–Crippen MR) is 137 cm³/mol. The second kappa shape index (κ2) is 8.97. The van der Waals surface area contributed by atoms with Gasteiger partial charge in [-0.3, -0.25) is 14.5 Å². The molecule has 4 nitrogen and oxygen atoms in total. The molecule has 0 saturated carbocycles. The molecular weight excluding hydrogens is 465 g/mol. The summed E-state index contributed by atoms with van der Waals surface area (Å²) in [6.07, 6.45) is 0. The molecule has 1 aliphatic heterocycles. The lowest BCUT2D eigenvalue weighted by Gasteiger charge is -2.27. The third-order valence-corrected chi connectivity index (χ3v) is 6.66. The van der Waals surface area contributed by atoms with Crippen molar-refractivity contribution < 1.29 is 19.1 Å². The Labute approximate surface area is 209 Å². The summed E-state index contributed by atoms with van der Waals surface area (Å²) < 4.78 is 13.9. The molecule has 180 valence electrons. The highest BCUT2D eigenvalue weighted by molar-refractivity contribution is 6.51. The number of benzene rings is 3. The van der Waals surface area contributed by atoms with Crippen molar-refractivity contribution in [3.05, 3.63) is 105 Å². The van der Waals surface area contributed by atoms with E-state index in [1.54, 1.807) is 6.07 Å². The Kier molecular flexibility index (Phi) is 6.32. The fourth-order valence-electron chi connectivity index (χ4n) is 4.35. The second-order valence-corrected chi connectivity index (χ2v) is 10.4. The normalized spacial score (nSPS) is 17.8. The van der Waals surface area contributed by atoms with Gasteiger partial charge < -0.3 is 5.11 Å². The summed E-state index contributed by atoms with van der Waals surface area (Å²) >= 11 is 6.01. The molecule has 0 bridgehead atoms. The number of rotatable bonds is 3. The average Bonchev–Trinajstić information content (AvgIpc) is 3.07. The summed E-state index contributed by atoms with van der Waals surface area (Å²) in [4.78, 5) is 27.9.